The maximum atomic E-state index is 13.8. The normalized spacial score (nSPS) is 16.1. The van der Waals surface area contributed by atoms with Crippen molar-refractivity contribution in [3.63, 3.8) is 0 Å². The third kappa shape index (κ3) is 3.68. The first-order chi connectivity index (χ1) is 13.0. The molecule has 0 unspecified atom stereocenters. The van der Waals surface area contributed by atoms with Gasteiger partial charge in [-0.3, -0.25) is 18.9 Å². The van der Waals surface area contributed by atoms with Gasteiger partial charge in [-0.05, 0) is 44.1 Å². The van der Waals surface area contributed by atoms with Gasteiger partial charge in [-0.15, -0.1) is 11.3 Å². The van der Waals surface area contributed by atoms with Gasteiger partial charge in [0.25, 0.3) is 5.56 Å². The van der Waals surface area contributed by atoms with E-state index >= 15 is 0 Å². The van der Waals surface area contributed by atoms with E-state index in [2.05, 4.69) is 9.88 Å². The molecule has 0 bridgehead atoms. The summed E-state index contributed by atoms with van der Waals surface area (Å²) < 4.78 is 28.7. The van der Waals surface area contributed by atoms with Crippen LogP contribution < -0.4 is 5.56 Å². The number of piperidine rings is 1. The van der Waals surface area contributed by atoms with E-state index in [1.54, 1.807) is 6.20 Å². The van der Waals surface area contributed by atoms with E-state index in [4.69, 9.17) is 0 Å². The van der Waals surface area contributed by atoms with E-state index in [0.717, 1.165) is 18.2 Å². The molecular weight excluding hydrogens is 372 g/mol. The zero-order valence-electron chi connectivity index (χ0n) is 14.4. The van der Waals surface area contributed by atoms with Crippen molar-refractivity contribution in [2.75, 3.05) is 13.1 Å². The number of nitrogens with zero attached hydrogens (tertiary/aromatic N) is 3. The first kappa shape index (κ1) is 17.9. The highest BCUT2D eigenvalue weighted by molar-refractivity contribution is 7.15. The number of aromatic nitrogens is 2. The Kier molecular flexibility index (Phi) is 4.84. The molecule has 4 rings (SSSR count). The van der Waals surface area contributed by atoms with Crippen molar-refractivity contribution in [3.8, 4) is 0 Å². The molecule has 0 radical (unpaired) electrons. The summed E-state index contributed by atoms with van der Waals surface area (Å²) in [6, 6.07) is 4.49. The lowest BCUT2D eigenvalue weighted by Gasteiger charge is -2.31. The number of carbonyl (C=O) groups is 1. The van der Waals surface area contributed by atoms with Crippen molar-refractivity contribution in [3.05, 3.63) is 69.1 Å². The molecule has 0 aliphatic carbocycles. The minimum Gasteiger partial charge on any atom is -0.297 e. The highest BCUT2D eigenvalue weighted by Gasteiger charge is 2.28. The average molecular weight is 389 g/mol. The van der Waals surface area contributed by atoms with Crippen molar-refractivity contribution in [1.82, 2.24) is 14.3 Å². The smallest absolute Gasteiger partial charge is 0.258 e. The van der Waals surface area contributed by atoms with Crippen molar-refractivity contribution in [2.24, 2.45) is 5.92 Å². The second-order valence-corrected chi connectivity index (χ2v) is 7.55. The molecule has 1 aliphatic rings. The third-order valence-electron chi connectivity index (χ3n) is 4.89. The van der Waals surface area contributed by atoms with Gasteiger partial charge in [0.2, 0.25) is 0 Å². The van der Waals surface area contributed by atoms with Crippen LogP contribution in [0.1, 0.15) is 28.9 Å². The molecule has 0 amide bonds. The maximum absolute atomic E-state index is 13.8. The predicted molar refractivity (Wildman–Crippen MR) is 98.0 cm³/mol. The summed E-state index contributed by atoms with van der Waals surface area (Å²) in [5.41, 5.74) is 0.414. The molecule has 2 aromatic heterocycles. The minimum atomic E-state index is -0.683. The Balaban J connectivity index is 1.41. The van der Waals surface area contributed by atoms with Crippen LogP contribution in [0.2, 0.25) is 0 Å². The third-order valence-corrected chi connectivity index (χ3v) is 5.65. The molecule has 140 valence electrons. The zero-order valence-corrected chi connectivity index (χ0v) is 15.2. The number of hydrogen-bond donors (Lipinski definition) is 0. The van der Waals surface area contributed by atoms with Crippen LogP contribution in [0.25, 0.3) is 4.96 Å². The maximum Gasteiger partial charge on any atom is 0.258 e. The second-order valence-electron chi connectivity index (χ2n) is 6.68. The molecule has 0 saturated carbocycles. The van der Waals surface area contributed by atoms with E-state index in [1.165, 1.54) is 21.8 Å². The van der Waals surface area contributed by atoms with Crippen molar-refractivity contribution in [1.29, 1.82) is 0 Å². The molecule has 3 aromatic rings. The fourth-order valence-corrected chi connectivity index (χ4v) is 4.20. The minimum absolute atomic E-state index is 0.108. The molecule has 5 nitrogen and oxygen atoms in total. The summed E-state index contributed by atoms with van der Waals surface area (Å²) in [4.78, 5) is 31.9. The quantitative estimate of drug-likeness (QED) is 0.644. The largest absolute Gasteiger partial charge is 0.297 e. The number of benzene rings is 1. The van der Waals surface area contributed by atoms with Gasteiger partial charge in [-0.1, -0.05) is 0 Å². The second kappa shape index (κ2) is 7.28. The van der Waals surface area contributed by atoms with Crippen LogP contribution in [0.3, 0.4) is 0 Å². The molecular formula is C19H17F2N3O2S. The number of Topliss-reactive ketones (excluding diaryl/α,β-unsaturated/α-hetero) is 1. The number of fused-ring (bicyclic) bond motifs is 1. The molecule has 1 saturated heterocycles. The fraction of sp³-hybridized carbons (Fsp3) is 0.316. The summed E-state index contributed by atoms with van der Waals surface area (Å²) in [5.74, 6) is -1.96. The summed E-state index contributed by atoms with van der Waals surface area (Å²) in [6.07, 6.45) is 2.83. The number of thiazole rings is 1. The standard InChI is InChI=1S/C19H17F2N3O2S/c20-13-1-2-16(21)15(9-13)18(26)12-3-5-23(6-4-12)11-14-10-17(25)24-7-8-27-19(24)22-14/h1-2,7-10,12H,3-6,11H2. The van der Waals surface area contributed by atoms with E-state index in [0.29, 0.717) is 43.1 Å². The molecule has 3 heterocycles. The number of rotatable bonds is 4. The average Bonchev–Trinajstić information content (AvgIpc) is 3.13. The van der Waals surface area contributed by atoms with Crippen LogP contribution in [-0.2, 0) is 6.54 Å². The molecule has 8 heteroatoms. The lowest BCUT2D eigenvalue weighted by atomic mass is 9.88. The van der Waals surface area contributed by atoms with E-state index < -0.39 is 11.6 Å². The Labute approximate surface area is 157 Å². The van der Waals surface area contributed by atoms with Gasteiger partial charge in [-0.25, -0.2) is 13.8 Å². The van der Waals surface area contributed by atoms with Crippen LogP contribution >= 0.6 is 11.3 Å². The SMILES string of the molecule is O=C(c1cc(F)ccc1F)C1CCN(Cc2cc(=O)n3ccsc3n2)CC1. The number of likely N-dealkylation sites (tertiary alicyclic amines) is 1. The van der Waals surface area contributed by atoms with Crippen LogP contribution in [0.5, 0.6) is 0 Å². The van der Waals surface area contributed by atoms with Gasteiger partial charge >= 0.3 is 0 Å². The molecule has 1 fully saturated rings. The Morgan fingerprint density at radius 1 is 1.22 bits per heavy atom. The van der Waals surface area contributed by atoms with E-state index in [9.17, 15) is 18.4 Å². The fourth-order valence-electron chi connectivity index (χ4n) is 3.46. The summed E-state index contributed by atoms with van der Waals surface area (Å²) in [7, 11) is 0. The van der Waals surface area contributed by atoms with Crippen molar-refractivity contribution in [2.45, 2.75) is 19.4 Å². The number of ketones is 1. The lowest BCUT2D eigenvalue weighted by Crippen LogP contribution is -2.36. The number of carbonyl (C=O) groups excluding carboxylic acids is 1. The van der Waals surface area contributed by atoms with Crippen LogP contribution in [0.4, 0.5) is 8.78 Å². The van der Waals surface area contributed by atoms with Crippen LogP contribution in [-0.4, -0.2) is 33.2 Å². The van der Waals surface area contributed by atoms with Crippen molar-refractivity contribution < 1.29 is 13.6 Å². The van der Waals surface area contributed by atoms with Gasteiger partial charge in [0.1, 0.15) is 11.6 Å². The Bertz CT molecular complexity index is 1050. The summed E-state index contributed by atoms with van der Waals surface area (Å²) >= 11 is 1.40. The summed E-state index contributed by atoms with van der Waals surface area (Å²) in [5, 5.41) is 1.82. The Hall–Kier alpha value is -2.45. The Morgan fingerprint density at radius 3 is 2.78 bits per heavy atom. The van der Waals surface area contributed by atoms with Gasteiger partial charge < -0.3 is 0 Å². The van der Waals surface area contributed by atoms with Gasteiger partial charge in [0, 0.05) is 30.1 Å². The molecule has 1 aromatic carbocycles. The molecule has 0 N–H and O–H groups in total. The highest BCUT2D eigenvalue weighted by atomic mass is 32.1. The van der Waals surface area contributed by atoms with E-state index in [1.807, 2.05) is 5.38 Å². The van der Waals surface area contributed by atoms with Gasteiger partial charge in [0.05, 0.1) is 11.3 Å². The first-order valence-corrected chi connectivity index (χ1v) is 9.56. The first-order valence-electron chi connectivity index (χ1n) is 8.68. The molecule has 1 aliphatic heterocycles. The lowest BCUT2D eigenvalue weighted by molar-refractivity contribution is 0.0829. The zero-order chi connectivity index (χ0) is 19.0. The highest BCUT2D eigenvalue weighted by Crippen LogP contribution is 2.24. The monoisotopic (exact) mass is 389 g/mol. The molecule has 27 heavy (non-hydrogen) atoms. The topological polar surface area (TPSA) is 54.7 Å². The molecule has 0 atom stereocenters. The number of hydrogen-bond acceptors (Lipinski definition) is 5. The van der Waals surface area contributed by atoms with Crippen LogP contribution in [0.15, 0.2) is 40.6 Å². The van der Waals surface area contributed by atoms with Crippen molar-refractivity contribution >= 4 is 22.1 Å². The Morgan fingerprint density at radius 2 is 2.00 bits per heavy atom. The van der Waals surface area contributed by atoms with Gasteiger partial charge in [-0.2, -0.15) is 0 Å². The van der Waals surface area contributed by atoms with Gasteiger partial charge in [0.15, 0.2) is 10.7 Å². The van der Waals surface area contributed by atoms with Crippen LogP contribution in [0, 0.1) is 17.6 Å². The summed E-state index contributed by atoms with van der Waals surface area (Å²) in [6.45, 7) is 1.80. The predicted octanol–water partition coefficient (Wildman–Crippen LogP) is 3.13. The van der Waals surface area contributed by atoms with E-state index in [-0.39, 0.29) is 22.8 Å². The molecule has 0 spiro atoms. The number of halogens is 2.